The molecule has 0 atom stereocenters. The van der Waals surface area contributed by atoms with E-state index in [-0.39, 0.29) is 12.0 Å². The molecule has 1 saturated carbocycles. The summed E-state index contributed by atoms with van der Waals surface area (Å²) >= 11 is 0. The molecule has 0 saturated heterocycles. The van der Waals surface area contributed by atoms with Crippen molar-refractivity contribution in [3.8, 4) is 11.3 Å². The molecule has 0 radical (unpaired) electrons. The number of anilines is 1. The molecule has 3 rings (SSSR count). The minimum absolute atomic E-state index is 0.00364. The van der Waals surface area contributed by atoms with Crippen LogP contribution in [0, 0.1) is 0 Å². The van der Waals surface area contributed by atoms with Crippen molar-refractivity contribution in [2.24, 2.45) is 7.05 Å². The molecule has 2 aromatic rings. The molecule has 18 heavy (non-hydrogen) atoms. The molecule has 3 N–H and O–H groups in total. The Hall–Kier alpha value is -1.81. The number of nitrogens with two attached hydrogens (primary N) is 1. The van der Waals surface area contributed by atoms with E-state index >= 15 is 0 Å². The van der Waals surface area contributed by atoms with Gasteiger partial charge in [-0.1, -0.05) is 18.2 Å². The van der Waals surface area contributed by atoms with Crippen LogP contribution in [0.15, 0.2) is 30.3 Å². The van der Waals surface area contributed by atoms with Gasteiger partial charge in [-0.25, -0.2) is 0 Å². The first-order chi connectivity index (χ1) is 8.64. The number of nitrogens with zero attached hydrogens (tertiary/aromatic N) is 2. The number of hydrogen-bond donors (Lipinski definition) is 2. The second-order valence-corrected chi connectivity index (χ2v) is 5.10. The van der Waals surface area contributed by atoms with Crippen LogP contribution in [0.3, 0.4) is 0 Å². The Morgan fingerprint density at radius 1 is 1.39 bits per heavy atom. The minimum Gasteiger partial charge on any atom is -0.395 e. The Balaban J connectivity index is 2.01. The van der Waals surface area contributed by atoms with Crippen LogP contribution in [0.4, 0.5) is 5.82 Å². The summed E-state index contributed by atoms with van der Waals surface area (Å²) in [6.07, 6.45) is 2.13. The van der Waals surface area contributed by atoms with Crippen molar-refractivity contribution in [3.05, 3.63) is 35.9 Å². The van der Waals surface area contributed by atoms with Crippen molar-refractivity contribution in [3.63, 3.8) is 0 Å². The molecule has 1 fully saturated rings. The summed E-state index contributed by atoms with van der Waals surface area (Å²) in [5, 5.41) is 13.9. The van der Waals surface area contributed by atoms with Gasteiger partial charge in [0.05, 0.1) is 12.3 Å². The van der Waals surface area contributed by atoms with Gasteiger partial charge in [0.1, 0.15) is 5.82 Å². The van der Waals surface area contributed by atoms with E-state index in [9.17, 15) is 5.11 Å². The van der Waals surface area contributed by atoms with Gasteiger partial charge in [0.15, 0.2) is 0 Å². The lowest BCUT2D eigenvalue weighted by molar-refractivity contribution is 0.255. The molecule has 4 heteroatoms. The molecule has 1 heterocycles. The van der Waals surface area contributed by atoms with Crippen LogP contribution in [0.2, 0.25) is 0 Å². The molecule has 0 bridgehead atoms. The summed E-state index contributed by atoms with van der Waals surface area (Å²) < 4.78 is 1.67. The first-order valence-corrected chi connectivity index (χ1v) is 6.16. The SMILES string of the molecule is Cn1nc(-c2cccc(C3(CO)CC3)c2)cc1N. The summed E-state index contributed by atoms with van der Waals surface area (Å²) in [4.78, 5) is 0. The first kappa shape index (κ1) is 11.3. The predicted octanol–water partition coefficient (Wildman–Crippen LogP) is 1.69. The zero-order valence-corrected chi connectivity index (χ0v) is 10.4. The highest BCUT2D eigenvalue weighted by atomic mass is 16.3. The Kier molecular flexibility index (Phi) is 2.41. The molecule has 0 aliphatic heterocycles. The van der Waals surface area contributed by atoms with E-state index in [1.165, 1.54) is 5.56 Å². The number of hydrogen-bond acceptors (Lipinski definition) is 3. The Labute approximate surface area is 106 Å². The molecule has 1 aliphatic rings. The molecule has 1 aliphatic carbocycles. The smallest absolute Gasteiger partial charge is 0.121 e. The van der Waals surface area contributed by atoms with Gasteiger partial charge >= 0.3 is 0 Å². The van der Waals surface area contributed by atoms with E-state index < -0.39 is 0 Å². The van der Waals surface area contributed by atoms with Crippen molar-refractivity contribution in [2.45, 2.75) is 18.3 Å². The number of nitrogen functional groups attached to an aromatic ring is 1. The zero-order valence-electron chi connectivity index (χ0n) is 10.4. The Morgan fingerprint density at radius 3 is 2.72 bits per heavy atom. The molecule has 0 amide bonds. The fraction of sp³-hybridized carbons (Fsp3) is 0.357. The number of benzene rings is 1. The summed E-state index contributed by atoms with van der Waals surface area (Å²) in [6, 6.07) is 10.1. The van der Waals surface area contributed by atoms with Gasteiger partial charge < -0.3 is 10.8 Å². The predicted molar refractivity (Wildman–Crippen MR) is 71.1 cm³/mol. The maximum absolute atomic E-state index is 9.48. The average molecular weight is 243 g/mol. The monoisotopic (exact) mass is 243 g/mol. The Morgan fingerprint density at radius 2 is 2.17 bits per heavy atom. The van der Waals surface area contributed by atoms with Gasteiger partial charge in [0, 0.05) is 24.1 Å². The molecular weight excluding hydrogens is 226 g/mol. The second kappa shape index (κ2) is 3.85. The summed E-state index contributed by atoms with van der Waals surface area (Å²) in [6.45, 7) is 0.223. The van der Waals surface area contributed by atoms with Gasteiger partial charge in [-0.15, -0.1) is 0 Å². The lowest BCUT2D eigenvalue weighted by Gasteiger charge is -2.12. The van der Waals surface area contributed by atoms with E-state index in [4.69, 9.17) is 5.73 Å². The van der Waals surface area contributed by atoms with Crippen LogP contribution < -0.4 is 5.73 Å². The fourth-order valence-electron chi connectivity index (χ4n) is 2.32. The van der Waals surface area contributed by atoms with Crippen molar-refractivity contribution in [2.75, 3.05) is 12.3 Å². The minimum atomic E-state index is -0.00364. The van der Waals surface area contributed by atoms with Crippen LogP contribution in [0.1, 0.15) is 18.4 Å². The second-order valence-electron chi connectivity index (χ2n) is 5.10. The van der Waals surface area contributed by atoms with Gasteiger partial charge in [-0.05, 0) is 24.5 Å². The maximum Gasteiger partial charge on any atom is 0.121 e. The number of rotatable bonds is 3. The van der Waals surface area contributed by atoms with E-state index in [1.54, 1.807) is 4.68 Å². The van der Waals surface area contributed by atoms with E-state index in [0.29, 0.717) is 5.82 Å². The number of aryl methyl sites for hydroxylation is 1. The molecular formula is C14H17N3O. The third-order valence-electron chi connectivity index (χ3n) is 3.84. The van der Waals surface area contributed by atoms with Crippen molar-refractivity contribution >= 4 is 5.82 Å². The van der Waals surface area contributed by atoms with E-state index in [0.717, 1.165) is 24.1 Å². The van der Waals surface area contributed by atoms with Crippen LogP contribution in [0.5, 0.6) is 0 Å². The van der Waals surface area contributed by atoms with E-state index in [1.807, 2.05) is 25.2 Å². The summed E-state index contributed by atoms with van der Waals surface area (Å²) in [7, 11) is 1.83. The van der Waals surface area contributed by atoms with Gasteiger partial charge in [-0.2, -0.15) is 5.10 Å². The van der Waals surface area contributed by atoms with Crippen LogP contribution in [-0.2, 0) is 12.5 Å². The fourth-order valence-corrected chi connectivity index (χ4v) is 2.32. The first-order valence-electron chi connectivity index (χ1n) is 6.16. The van der Waals surface area contributed by atoms with Gasteiger partial charge in [0.2, 0.25) is 0 Å². The molecule has 1 aromatic carbocycles. The molecule has 1 aromatic heterocycles. The highest BCUT2D eigenvalue weighted by Crippen LogP contribution is 2.48. The average Bonchev–Trinajstić information content (AvgIpc) is 3.12. The van der Waals surface area contributed by atoms with Crippen molar-refractivity contribution in [1.29, 1.82) is 0 Å². The van der Waals surface area contributed by atoms with Crippen LogP contribution in [0.25, 0.3) is 11.3 Å². The van der Waals surface area contributed by atoms with Gasteiger partial charge in [0.25, 0.3) is 0 Å². The normalized spacial score (nSPS) is 16.8. The maximum atomic E-state index is 9.48. The molecule has 4 nitrogen and oxygen atoms in total. The number of aromatic nitrogens is 2. The third-order valence-corrected chi connectivity index (χ3v) is 3.84. The third kappa shape index (κ3) is 1.69. The van der Waals surface area contributed by atoms with Gasteiger partial charge in [-0.3, -0.25) is 4.68 Å². The Bertz CT molecular complexity index is 565. The molecule has 0 spiro atoms. The lowest BCUT2D eigenvalue weighted by atomic mass is 9.94. The largest absolute Gasteiger partial charge is 0.395 e. The summed E-state index contributed by atoms with van der Waals surface area (Å²) in [5.41, 5.74) is 8.93. The quantitative estimate of drug-likeness (QED) is 0.862. The molecule has 0 unspecified atom stereocenters. The van der Waals surface area contributed by atoms with E-state index in [2.05, 4.69) is 17.2 Å². The van der Waals surface area contributed by atoms with Crippen LogP contribution in [-0.4, -0.2) is 21.5 Å². The van der Waals surface area contributed by atoms with Crippen molar-refractivity contribution < 1.29 is 5.11 Å². The number of aliphatic hydroxyl groups is 1. The highest BCUT2D eigenvalue weighted by molar-refractivity contribution is 5.63. The number of aliphatic hydroxyl groups excluding tert-OH is 1. The standard InChI is InChI=1S/C14H17N3O/c1-17-13(15)8-12(16-17)10-3-2-4-11(7-10)14(9-18)5-6-14/h2-4,7-8,18H,5-6,9,15H2,1H3. The van der Waals surface area contributed by atoms with Crippen molar-refractivity contribution in [1.82, 2.24) is 9.78 Å². The highest BCUT2D eigenvalue weighted by Gasteiger charge is 2.43. The molecule has 94 valence electrons. The van der Waals surface area contributed by atoms with Crippen LogP contribution >= 0.6 is 0 Å². The summed E-state index contributed by atoms with van der Waals surface area (Å²) in [5.74, 6) is 0.652. The lowest BCUT2D eigenvalue weighted by Crippen LogP contribution is -2.11. The zero-order chi connectivity index (χ0) is 12.8. The topological polar surface area (TPSA) is 64.1 Å².